The SMILES string of the molecule is CCCN(Cc1ccc(-c2cc(C(=O)N(c3ccc(O)cc3)c3cc(C#N)n(C)c3C)c(C)n2C)c(C(=O)N2Cc3ccccc3CC2C)c1)C(=O)Cc1ccc(OCCN2CC(F)C2)cc1. The van der Waals surface area contributed by atoms with Gasteiger partial charge in [0.25, 0.3) is 11.8 Å². The van der Waals surface area contributed by atoms with Crippen molar-refractivity contribution in [3.8, 4) is 28.8 Å². The Balaban J connectivity index is 1.11. The second kappa shape index (κ2) is 19.7. The zero-order valence-corrected chi connectivity index (χ0v) is 39.1. The lowest BCUT2D eigenvalue weighted by atomic mass is 9.93. The highest BCUT2D eigenvalue weighted by Gasteiger charge is 2.32. The molecular weight excluding hydrogens is 846 g/mol. The van der Waals surface area contributed by atoms with Gasteiger partial charge in [-0.3, -0.25) is 24.2 Å². The Morgan fingerprint density at radius 2 is 1.57 bits per heavy atom. The second-order valence-corrected chi connectivity index (χ2v) is 17.9. The van der Waals surface area contributed by atoms with Crippen LogP contribution < -0.4 is 9.64 Å². The Bertz CT molecular complexity index is 2840. The number of likely N-dealkylation sites (tertiary alicyclic amines) is 1. The molecule has 8 rings (SSSR count). The molecule has 1 atom stereocenters. The number of halogens is 1. The normalized spacial score (nSPS) is 14.8. The quantitative estimate of drug-likeness (QED) is 0.109. The van der Waals surface area contributed by atoms with Gasteiger partial charge in [0.05, 0.1) is 17.7 Å². The summed E-state index contributed by atoms with van der Waals surface area (Å²) in [4.78, 5) is 51.5. The van der Waals surface area contributed by atoms with Gasteiger partial charge in [-0.2, -0.15) is 5.26 Å². The van der Waals surface area contributed by atoms with Gasteiger partial charge < -0.3 is 28.8 Å². The van der Waals surface area contributed by atoms with Gasteiger partial charge in [0.1, 0.15) is 36.0 Å². The van der Waals surface area contributed by atoms with Crippen molar-refractivity contribution in [2.75, 3.05) is 37.7 Å². The summed E-state index contributed by atoms with van der Waals surface area (Å²) in [7, 11) is 3.66. The van der Waals surface area contributed by atoms with Crippen LogP contribution in [0.3, 0.4) is 0 Å². The molecule has 6 aromatic rings. The van der Waals surface area contributed by atoms with Gasteiger partial charge in [-0.1, -0.05) is 55.5 Å². The highest BCUT2D eigenvalue weighted by Crippen LogP contribution is 2.37. The Morgan fingerprint density at radius 3 is 2.24 bits per heavy atom. The first kappa shape index (κ1) is 46.4. The zero-order chi connectivity index (χ0) is 47.5. The summed E-state index contributed by atoms with van der Waals surface area (Å²) in [6.45, 7) is 11.1. The van der Waals surface area contributed by atoms with E-state index in [0.717, 1.165) is 23.1 Å². The number of aromatic nitrogens is 2. The Hall–Kier alpha value is -7.17. The van der Waals surface area contributed by atoms with Crippen LogP contribution in [-0.2, 0) is 44.8 Å². The van der Waals surface area contributed by atoms with E-state index in [1.165, 1.54) is 17.7 Å². The average molecular weight is 904 g/mol. The molecule has 1 N–H and O–H groups in total. The maximum absolute atomic E-state index is 15.1. The fraction of sp³-hybridized carbons (Fsp3) is 0.333. The molecule has 13 heteroatoms. The average Bonchev–Trinajstić information content (AvgIpc) is 3.77. The first-order valence-electron chi connectivity index (χ1n) is 23.0. The predicted molar refractivity (Wildman–Crippen MR) is 257 cm³/mol. The molecule has 0 radical (unpaired) electrons. The summed E-state index contributed by atoms with van der Waals surface area (Å²) in [6, 6.07) is 33.5. The van der Waals surface area contributed by atoms with E-state index < -0.39 is 6.17 Å². The predicted octanol–water partition coefficient (Wildman–Crippen LogP) is 8.80. The maximum atomic E-state index is 15.1. The first-order valence-corrected chi connectivity index (χ1v) is 23.0. The van der Waals surface area contributed by atoms with Crippen LogP contribution >= 0.6 is 0 Å². The third-order valence-electron chi connectivity index (χ3n) is 13.4. The van der Waals surface area contributed by atoms with Crippen LogP contribution in [0.25, 0.3) is 11.3 Å². The van der Waals surface area contributed by atoms with Crippen LogP contribution in [0.1, 0.15) is 80.3 Å². The highest BCUT2D eigenvalue weighted by molar-refractivity contribution is 6.13. The van der Waals surface area contributed by atoms with Crippen LogP contribution in [-0.4, -0.2) is 91.7 Å². The van der Waals surface area contributed by atoms with Gasteiger partial charge in [-0.15, -0.1) is 0 Å². The Kier molecular flexibility index (Phi) is 13.7. The number of rotatable bonds is 15. The Labute approximate surface area is 392 Å². The smallest absolute Gasteiger partial charge is 0.264 e. The van der Waals surface area contributed by atoms with Crippen molar-refractivity contribution in [1.29, 1.82) is 5.26 Å². The molecule has 0 aliphatic carbocycles. The third kappa shape index (κ3) is 9.72. The van der Waals surface area contributed by atoms with E-state index in [1.807, 2.05) is 108 Å². The van der Waals surface area contributed by atoms with Crippen LogP contribution in [0, 0.1) is 25.2 Å². The lowest BCUT2D eigenvalue weighted by Gasteiger charge is -2.35. The lowest BCUT2D eigenvalue weighted by molar-refractivity contribution is -0.131. The van der Waals surface area contributed by atoms with E-state index in [0.29, 0.717) is 109 Å². The van der Waals surface area contributed by atoms with Gasteiger partial charge in [0.2, 0.25) is 5.91 Å². The molecule has 2 aliphatic rings. The van der Waals surface area contributed by atoms with Crippen molar-refractivity contribution < 1.29 is 28.6 Å². The van der Waals surface area contributed by atoms with Crippen molar-refractivity contribution in [2.45, 2.75) is 72.3 Å². The number of nitriles is 1. The van der Waals surface area contributed by atoms with Crippen molar-refractivity contribution in [2.24, 2.45) is 14.1 Å². The molecule has 0 bridgehead atoms. The summed E-state index contributed by atoms with van der Waals surface area (Å²) in [6.07, 6.45) is 0.906. The summed E-state index contributed by atoms with van der Waals surface area (Å²) >= 11 is 0. The molecule has 1 fully saturated rings. The molecule has 0 saturated carbocycles. The van der Waals surface area contributed by atoms with E-state index in [9.17, 15) is 24.3 Å². The molecule has 2 aliphatic heterocycles. The van der Waals surface area contributed by atoms with Gasteiger partial charge in [-0.05, 0) is 110 Å². The number of alkyl halides is 1. The van der Waals surface area contributed by atoms with Gasteiger partial charge in [0.15, 0.2) is 0 Å². The van der Waals surface area contributed by atoms with Crippen molar-refractivity contribution in [1.82, 2.24) is 23.8 Å². The van der Waals surface area contributed by atoms with Crippen LogP contribution in [0.4, 0.5) is 15.8 Å². The topological polar surface area (TPSA) is 127 Å². The van der Waals surface area contributed by atoms with Crippen LogP contribution in [0.2, 0.25) is 0 Å². The number of phenolic OH excluding ortho intramolecular Hbond substituents is 1. The summed E-state index contributed by atoms with van der Waals surface area (Å²) in [5.41, 5.74) is 8.96. The molecule has 4 heterocycles. The van der Waals surface area contributed by atoms with Crippen LogP contribution in [0.5, 0.6) is 11.5 Å². The number of ether oxygens (including phenoxy) is 1. The van der Waals surface area contributed by atoms with E-state index in [-0.39, 0.29) is 35.9 Å². The monoisotopic (exact) mass is 903 g/mol. The van der Waals surface area contributed by atoms with Gasteiger partial charge in [0, 0.05) is 93.3 Å². The molecule has 1 unspecified atom stereocenters. The minimum Gasteiger partial charge on any atom is -0.508 e. The maximum Gasteiger partial charge on any atom is 0.264 e. The summed E-state index contributed by atoms with van der Waals surface area (Å²) in [5, 5.41) is 20.1. The molecule has 4 aromatic carbocycles. The number of nitrogens with zero attached hydrogens (tertiary/aromatic N) is 7. The first-order chi connectivity index (χ1) is 32.2. The minimum atomic E-state index is -0.746. The molecule has 2 aromatic heterocycles. The number of anilines is 2. The molecule has 1 saturated heterocycles. The lowest BCUT2D eigenvalue weighted by Crippen LogP contribution is -2.49. The summed E-state index contributed by atoms with van der Waals surface area (Å²) in [5.74, 6) is 0.221. The molecule has 0 spiro atoms. The fourth-order valence-electron chi connectivity index (χ4n) is 9.23. The third-order valence-corrected chi connectivity index (χ3v) is 13.4. The van der Waals surface area contributed by atoms with E-state index >= 15 is 4.79 Å². The highest BCUT2D eigenvalue weighted by atomic mass is 19.1. The number of carbonyl (C=O) groups excluding carboxylic acids is 3. The van der Waals surface area contributed by atoms with Crippen molar-refractivity contribution >= 4 is 29.1 Å². The molecule has 346 valence electrons. The van der Waals surface area contributed by atoms with Crippen molar-refractivity contribution in [3.05, 3.63) is 154 Å². The number of hydrogen-bond donors (Lipinski definition) is 1. The largest absolute Gasteiger partial charge is 0.508 e. The number of hydrogen-bond acceptors (Lipinski definition) is 7. The number of benzene rings is 4. The zero-order valence-electron chi connectivity index (χ0n) is 39.1. The molecule has 3 amide bonds. The molecule has 12 nitrogen and oxygen atoms in total. The van der Waals surface area contributed by atoms with Crippen molar-refractivity contribution in [3.63, 3.8) is 0 Å². The number of fused-ring (bicyclic) bond motifs is 1. The Morgan fingerprint density at radius 1 is 0.866 bits per heavy atom. The standard InChI is InChI=1S/C54H58FN7O5/c1-7-22-60(52(64)27-38-12-19-46(20-13-38)67-24-23-59-33-42(55)34-59)31-39-14-21-47(49(26-39)53(65)61-32-41-11-9-8-10-40(41)25-35(61)2)51-29-48(36(3)58(51)6)54(66)62(43-15-17-45(63)18-16-43)50-28-44(30-56)57(5)37(50)4/h8-21,26,28-29,35,42,63H,7,22-25,27,31-34H2,1-6H3. The van der Waals surface area contributed by atoms with Gasteiger partial charge in [-0.25, -0.2) is 4.39 Å². The molecule has 67 heavy (non-hydrogen) atoms. The number of amides is 3. The van der Waals surface area contributed by atoms with E-state index in [2.05, 4.69) is 25.1 Å². The van der Waals surface area contributed by atoms with E-state index in [4.69, 9.17) is 4.74 Å². The number of phenols is 1. The van der Waals surface area contributed by atoms with Crippen LogP contribution in [0.15, 0.2) is 103 Å². The second-order valence-electron chi connectivity index (χ2n) is 17.9. The molecular formula is C54H58FN7O5. The summed E-state index contributed by atoms with van der Waals surface area (Å²) < 4.78 is 22.7. The van der Waals surface area contributed by atoms with E-state index in [1.54, 1.807) is 34.7 Å². The minimum absolute atomic E-state index is 0.0396. The fourth-order valence-corrected chi connectivity index (χ4v) is 9.23. The number of aromatic hydroxyl groups is 1. The van der Waals surface area contributed by atoms with Gasteiger partial charge >= 0.3 is 0 Å². The number of carbonyl (C=O) groups is 3.